The summed E-state index contributed by atoms with van der Waals surface area (Å²) < 4.78 is 57.6. The number of methoxy groups -OCH3 is 1. The van der Waals surface area contributed by atoms with Crippen LogP contribution in [0.1, 0.15) is 47.1 Å². The van der Waals surface area contributed by atoms with E-state index in [0.717, 1.165) is 22.8 Å². The summed E-state index contributed by atoms with van der Waals surface area (Å²) in [5.41, 5.74) is 2.88. The molecule has 176 valence electrons. The molecule has 0 saturated carbocycles. The number of alkyl halides is 3. The number of halogens is 3. The number of fused-ring (bicyclic) bond motifs is 2. The molecular weight excluding hydrogens is 445 g/mol. The van der Waals surface area contributed by atoms with Gasteiger partial charge in [-0.05, 0) is 47.2 Å². The molecule has 0 radical (unpaired) electrons. The third-order valence-corrected chi connectivity index (χ3v) is 6.52. The Bertz CT molecular complexity index is 1230. The van der Waals surface area contributed by atoms with Gasteiger partial charge in [-0.2, -0.15) is 13.2 Å². The molecule has 7 heteroatoms. The first-order chi connectivity index (χ1) is 16.3. The van der Waals surface area contributed by atoms with Crippen molar-refractivity contribution in [2.75, 3.05) is 13.7 Å². The number of carbonyl (C=O) groups is 1. The van der Waals surface area contributed by atoms with Crippen molar-refractivity contribution in [3.8, 4) is 22.6 Å². The lowest BCUT2D eigenvalue weighted by Gasteiger charge is -2.18. The van der Waals surface area contributed by atoms with E-state index in [2.05, 4.69) is 0 Å². The van der Waals surface area contributed by atoms with Gasteiger partial charge < -0.3 is 14.2 Å². The summed E-state index contributed by atoms with van der Waals surface area (Å²) in [6, 6.07) is 16.7. The second-order valence-electron chi connectivity index (χ2n) is 8.55. The van der Waals surface area contributed by atoms with Crippen molar-refractivity contribution in [1.82, 2.24) is 0 Å². The summed E-state index contributed by atoms with van der Waals surface area (Å²) in [4.78, 5) is 11.6. The van der Waals surface area contributed by atoms with Crippen molar-refractivity contribution in [2.24, 2.45) is 0 Å². The van der Waals surface area contributed by atoms with E-state index >= 15 is 0 Å². The molecule has 1 aliphatic carbocycles. The molecule has 0 bridgehead atoms. The fourth-order valence-electron chi connectivity index (χ4n) is 4.90. The van der Waals surface area contributed by atoms with E-state index in [-0.39, 0.29) is 30.0 Å². The minimum atomic E-state index is -4.43. The Labute approximate surface area is 195 Å². The highest BCUT2D eigenvalue weighted by Crippen LogP contribution is 2.45. The number of benzene rings is 3. The largest absolute Gasteiger partial charge is 0.492 e. The van der Waals surface area contributed by atoms with Crippen LogP contribution in [0.2, 0.25) is 0 Å². The van der Waals surface area contributed by atoms with Crippen LogP contribution in [0.5, 0.6) is 11.5 Å². The summed E-state index contributed by atoms with van der Waals surface area (Å²) in [7, 11) is 1.36. The van der Waals surface area contributed by atoms with Gasteiger partial charge in [0.15, 0.2) is 0 Å². The predicted octanol–water partition coefficient (Wildman–Crippen LogP) is 6.48. The molecule has 34 heavy (non-hydrogen) atoms. The van der Waals surface area contributed by atoms with Crippen LogP contribution in [0, 0.1) is 0 Å². The molecule has 0 unspecified atom stereocenters. The zero-order chi connectivity index (χ0) is 23.9. The molecule has 0 saturated heterocycles. The summed E-state index contributed by atoms with van der Waals surface area (Å²) in [6.45, 7) is 0.405. The highest BCUT2D eigenvalue weighted by atomic mass is 19.4. The number of hydrogen-bond donors (Lipinski definition) is 0. The minimum absolute atomic E-state index is 0.0556. The van der Waals surface area contributed by atoms with Crippen LogP contribution in [0.15, 0.2) is 60.7 Å². The number of carbonyl (C=O) groups excluding carboxylic acids is 1. The van der Waals surface area contributed by atoms with E-state index in [9.17, 15) is 18.0 Å². The van der Waals surface area contributed by atoms with Gasteiger partial charge in [0.2, 0.25) is 0 Å². The maximum atomic E-state index is 13.6. The molecule has 0 spiro atoms. The van der Waals surface area contributed by atoms with Gasteiger partial charge in [-0.3, -0.25) is 4.79 Å². The average molecular weight is 468 g/mol. The van der Waals surface area contributed by atoms with Crippen molar-refractivity contribution in [3.63, 3.8) is 0 Å². The molecule has 1 heterocycles. The lowest BCUT2D eigenvalue weighted by molar-refractivity contribution is -0.141. The second kappa shape index (κ2) is 8.70. The summed E-state index contributed by atoms with van der Waals surface area (Å²) in [6.07, 6.45) is -3.14. The first-order valence-corrected chi connectivity index (χ1v) is 11.1. The van der Waals surface area contributed by atoms with Crippen LogP contribution >= 0.6 is 0 Å². The van der Waals surface area contributed by atoms with Gasteiger partial charge in [0.1, 0.15) is 17.6 Å². The number of rotatable bonds is 5. The van der Waals surface area contributed by atoms with E-state index < -0.39 is 11.7 Å². The molecule has 2 aliphatic rings. The average Bonchev–Trinajstić information content (AvgIpc) is 3.42. The van der Waals surface area contributed by atoms with Crippen molar-refractivity contribution in [3.05, 3.63) is 82.9 Å². The standard InChI is InChI=1S/C27H23F3O4/c1-32-26(31)13-16-15-33-25-14-17(9-10-18(16)25)34-24-12-11-20-19(6-4-7-22(20)24)21-5-2-3-8-23(21)27(28,29)30/h2-10,14,16,24H,11-13,15H2,1H3/t16-,24-/m1/s1. The Balaban J connectivity index is 1.40. The maximum Gasteiger partial charge on any atom is 0.417 e. The Morgan fingerprint density at radius 3 is 2.62 bits per heavy atom. The van der Waals surface area contributed by atoms with Crippen molar-refractivity contribution in [1.29, 1.82) is 0 Å². The molecule has 0 aromatic heterocycles. The number of ether oxygens (including phenoxy) is 3. The Morgan fingerprint density at radius 1 is 1.03 bits per heavy atom. The highest BCUT2D eigenvalue weighted by Gasteiger charge is 2.35. The number of hydrogen-bond acceptors (Lipinski definition) is 4. The van der Waals surface area contributed by atoms with Crippen molar-refractivity contribution in [2.45, 2.75) is 37.5 Å². The van der Waals surface area contributed by atoms with Gasteiger partial charge in [0.25, 0.3) is 0 Å². The van der Waals surface area contributed by atoms with Gasteiger partial charge in [-0.1, -0.05) is 42.5 Å². The Kier molecular flexibility index (Phi) is 5.71. The van der Waals surface area contributed by atoms with Crippen LogP contribution in [-0.4, -0.2) is 19.7 Å². The van der Waals surface area contributed by atoms with E-state index in [1.807, 2.05) is 24.3 Å². The van der Waals surface area contributed by atoms with Gasteiger partial charge in [-0.15, -0.1) is 0 Å². The van der Waals surface area contributed by atoms with Gasteiger partial charge >= 0.3 is 12.1 Å². The first-order valence-electron chi connectivity index (χ1n) is 11.1. The van der Waals surface area contributed by atoms with Gasteiger partial charge in [-0.25, -0.2) is 0 Å². The first kappa shape index (κ1) is 22.3. The molecular formula is C27H23F3O4. The second-order valence-corrected chi connectivity index (χ2v) is 8.55. The van der Waals surface area contributed by atoms with Gasteiger partial charge in [0, 0.05) is 17.5 Å². The predicted molar refractivity (Wildman–Crippen MR) is 120 cm³/mol. The SMILES string of the molecule is COC(=O)C[C@@H]1COc2cc(O[C@@H]3CCc4c(-c5ccccc5C(F)(F)F)cccc43)ccc21. The molecule has 0 N–H and O–H groups in total. The molecule has 1 aliphatic heterocycles. The summed E-state index contributed by atoms with van der Waals surface area (Å²) >= 11 is 0. The quantitative estimate of drug-likeness (QED) is 0.402. The highest BCUT2D eigenvalue weighted by molar-refractivity contribution is 5.73. The zero-order valence-electron chi connectivity index (χ0n) is 18.5. The van der Waals surface area contributed by atoms with Crippen LogP contribution < -0.4 is 9.47 Å². The molecule has 3 aromatic rings. The molecule has 4 nitrogen and oxygen atoms in total. The van der Waals surface area contributed by atoms with Crippen molar-refractivity contribution < 1.29 is 32.2 Å². The lowest BCUT2D eigenvalue weighted by Crippen LogP contribution is -2.09. The third-order valence-electron chi connectivity index (χ3n) is 6.52. The normalized spacial score (nSPS) is 18.7. The number of esters is 1. The van der Waals surface area contributed by atoms with Crippen LogP contribution in [0.4, 0.5) is 13.2 Å². The minimum Gasteiger partial charge on any atom is -0.492 e. The zero-order valence-corrected chi connectivity index (χ0v) is 18.5. The Hall–Kier alpha value is -3.48. The molecule has 5 rings (SSSR count). The molecule has 2 atom stereocenters. The van der Waals surface area contributed by atoms with E-state index in [1.165, 1.54) is 19.2 Å². The van der Waals surface area contributed by atoms with Crippen LogP contribution in [0.25, 0.3) is 11.1 Å². The monoisotopic (exact) mass is 468 g/mol. The van der Waals surface area contributed by atoms with E-state index in [4.69, 9.17) is 14.2 Å². The maximum absolute atomic E-state index is 13.6. The van der Waals surface area contributed by atoms with E-state index in [0.29, 0.717) is 36.5 Å². The van der Waals surface area contributed by atoms with E-state index in [1.54, 1.807) is 18.2 Å². The smallest absolute Gasteiger partial charge is 0.417 e. The third kappa shape index (κ3) is 4.11. The fourth-order valence-corrected chi connectivity index (χ4v) is 4.90. The van der Waals surface area contributed by atoms with Crippen LogP contribution in [0.3, 0.4) is 0 Å². The summed E-state index contributed by atoms with van der Waals surface area (Å²) in [5.74, 6) is 0.959. The fraction of sp³-hybridized carbons (Fsp3) is 0.296. The molecule has 0 amide bonds. The molecule has 3 aromatic carbocycles. The van der Waals surface area contributed by atoms with Crippen molar-refractivity contribution >= 4 is 5.97 Å². The topological polar surface area (TPSA) is 44.8 Å². The van der Waals surface area contributed by atoms with Crippen LogP contribution in [-0.2, 0) is 22.1 Å². The van der Waals surface area contributed by atoms with Gasteiger partial charge in [0.05, 0.1) is 25.7 Å². The summed E-state index contributed by atoms with van der Waals surface area (Å²) in [5, 5.41) is 0. The Morgan fingerprint density at radius 2 is 1.82 bits per heavy atom. The lowest BCUT2D eigenvalue weighted by atomic mass is 9.93. The molecule has 0 fully saturated rings.